The zero-order valence-corrected chi connectivity index (χ0v) is 28.6. The molecule has 4 heteroatoms. The summed E-state index contributed by atoms with van der Waals surface area (Å²) in [6, 6.07) is 61.9. The van der Waals surface area contributed by atoms with Crippen LogP contribution in [0, 0.1) is 0 Å². The molecule has 2 aliphatic carbocycles. The van der Waals surface area contributed by atoms with Crippen molar-refractivity contribution in [3.05, 3.63) is 204 Å². The lowest BCUT2D eigenvalue weighted by atomic mass is 9.71. The fourth-order valence-electron chi connectivity index (χ4n) is 8.71. The van der Waals surface area contributed by atoms with E-state index in [1.807, 2.05) is 24.3 Å². The Kier molecular flexibility index (Phi) is 6.43. The Hall–Kier alpha value is -7.04. The van der Waals surface area contributed by atoms with E-state index in [4.69, 9.17) is 19.9 Å². The third-order valence-corrected chi connectivity index (χ3v) is 11.0. The third-order valence-electron chi connectivity index (χ3n) is 11.0. The van der Waals surface area contributed by atoms with E-state index in [9.17, 15) is 0 Å². The highest BCUT2D eigenvalue weighted by Crippen LogP contribution is 2.63. The van der Waals surface area contributed by atoms with Crippen LogP contribution in [0.2, 0.25) is 0 Å². The number of aromatic nitrogens is 4. The molecule has 2 heterocycles. The Balaban J connectivity index is 1.14. The number of para-hydroxylation sites is 1. The molecule has 4 nitrogen and oxygen atoms in total. The highest BCUT2D eigenvalue weighted by atomic mass is 14.9. The smallest absolute Gasteiger partial charge is 0.161 e. The summed E-state index contributed by atoms with van der Waals surface area (Å²) in [4.78, 5) is 21.0. The van der Waals surface area contributed by atoms with Gasteiger partial charge in [0.1, 0.15) is 0 Å². The fraction of sp³-hybridized carbons (Fsp3) is 0.0204. The van der Waals surface area contributed by atoms with Crippen molar-refractivity contribution >= 4 is 10.9 Å². The Morgan fingerprint density at radius 2 is 0.906 bits per heavy atom. The van der Waals surface area contributed by atoms with Crippen molar-refractivity contribution in [3.63, 3.8) is 0 Å². The van der Waals surface area contributed by atoms with E-state index in [1.165, 1.54) is 33.4 Å². The second-order valence-electron chi connectivity index (χ2n) is 13.7. The largest absolute Gasteiger partial charge is 0.236 e. The van der Waals surface area contributed by atoms with Crippen LogP contribution >= 0.6 is 0 Å². The van der Waals surface area contributed by atoms with E-state index >= 15 is 0 Å². The van der Waals surface area contributed by atoms with Gasteiger partial charge in [-0.2, -0.15) is 0 Å². The van der Waals surface area contributed by atoms with Crippen molar-refractivity contribution in [1.82, 2.24) is 19.9 Å². The quantitative estimate of drug-likeness (QED) is 0.186. The molecule has 1 spiro atoms. The first-order chi connectivity index (χ1) is 26.3. The molecule has 246 valence electrons. The van der Waals surface area contributed by atoms with Crippen LogP contribution in [0.1, 0.15) is 22.3 Å². The van der Waals surface area contributed by atoms with E-state index in [2.05, 4.69) is 158 Å². The summed E-state index contributed by atoms with van der Waals surface area (Å²) in [7, 11) is 0. The summed E-state index contributed by atoms with van der Waals surface area (Å²) in [5.41, 5.74) is 15.9. The van der Waals surface area contributed by atoms with Gasteiger partial charge < -0.3 is 0 Å². The van der Waals surface area contributed by atoms with Crippen molar-refractivity contribution in [2.45, 2.75) is 5.41 Å². The third kappa shape index (κ3) is 4.30. The maximum Gasteiger partial charge on any atom is 0.161 e. The summed E-state index contributed by atoms with van der Waals surface area (Å²) >= 11 is 0. The molecule has 0 aliphatic heterocycles. The van der Waals surface area contributed by atoms with Gasteiger partial charge in [-0.1, -0.05) is 170 Å². The number of nitrogens with zero attached hydrogens (tertiary/aromatic N) is 4. The summed E-state index contributed by atoms with van der Waals surface area (Å²) in [5.74, 6) is 1.43. The van der Waals surface area contributed by atoms with Crippen LogP contribution in [0.25, 0.3) is 78.4 Å². The van der Waals surface area contributed by atoms with Gasteiger partial charge in [-0.05, 0) is 45.0 Å². The summed E-state index contributed by atoms with van der Waals surface area (Å²) in [5, 5.41) is 1.03. The molecule has 9 aromatic rings. The highest BCUT2D eigenvalue weighted by molar-refractivity contribution is 6.00. The number of hydrogen-bond acceptors (Lipinski definition) is 4. The molecule has 2 aromatic heterocycles. The first-order valence-corrected chi connectivity index (χ1v) is 18.0. The zero-order chi connectivity index (χ0) is 34.9. The molecular formula is C49H30N4. The van der Waals surface area contributed by atoms with Crippen molar-refractivity contribution in [2.75, 3.05) is 0 Å². The van der Waals surface area contributed by atoms with Gasteiger partial charge >= 0.3 is 0 Å². The molecule has 0 N–H and O–H groups in total. The lowest BCUT2D eigenvalue weighted by Crippen LogP contribution is -2.26. The van der Waals surface area contributed by atoms with E-state index in [0.717, 1.165) is 61.5 Å². The minimum atomic E-state index is -0.587. The number of rotatable bonds is 4. The summed E-state index contributed by atoms with van der Waals surface area (Å²) in [6.45, 7) is 0. The topological polar surface area (TPSA) is 51.6 Å². The minimum Gasteiger partial charge on any atom is -0.236 e. The normalized spacial score (nSPS) is 14.9. The standard InChI is InChI=1S/C49H30N4/c1-3-14-31(15-4-1)32-26-28-33(29-27-32)45-37-20-9-12-25-43(37)51-48(52-45)38-21-13-24-41-44(38)35-18-7-10-22-39(35)49(41)40-23-11-8-19-36(40)46-42(49)30-50-47(53-46)34-16-5-2-6-17-34/h1-30H. The van der Waals surface area contributed by atoms with Crippen LogP contribution < -0.4 is 0 Å². The van der Waals surface area contributed by atoms with E-state index in [-0.39, 0.29) is 0 Å². The minimum absolute atomic E-state index is 0.587. The van der Waals surface area contributed by atoms with Crippen LogP contribution in [0.15, 0.2) is 182 Å². The van der Waals surface area contributed by atoms with Gasteiger partial charge in [0, 0.05) is 39.4 Å². The van der Waals surface area contributed by atoms with Crippen LogP contribution in [0.3, 0.4) is 0 Å². The zero-order valence-electron chi connectivity index (χ0n) is 28.6. The molecule has 2 aliphatic rings. The molecule has 0 fully saturated rings. The molecular weight excluding hydrogens is 645 g/mol. The number of fused-ring (bicyclic) bond motifs is 11. The molecule has 0 radical (unpaired) electrons. The Labute approximate surface area is 307 Å². The van der Waals surface area contributed by atoms with Crippen LogP contribution in [-0.4, -0.2) is 19.9 Å². The lowest BCUT2D eigenvalue weighted by Gasteiger charge is -2.29. The molecule has 0 saturated heterocycles. The van der Waals surface area contributed by atoms with Crippen LogP contribution in [0.5, 0.6) is 0 Å². The second-order valence-corrected chi connectivity index (χ2v) is 13.7. The van der Waals surface area contributed by atoms with Crippen molar-refractivity contribution < 1.29 is 0 Å². The molecule has 53 heavy (non-hydrogen) atoms. The summed E-state index contributed by atoms with van der Waals surface area (Å²) < 4.78 is 0. The van der Waals surface area contributed by atoms with Gasteiger partial charge in [0.05, 0.1) is 22.3 Å². The van der Waals surface area contributed by atoms with Crippen molar-refractivity contribution in [1.29, 1.82) is 0 Å². The van der Waals surface area contributed by atoms with Crippen molar-refractivity contribution in [3.8, 4) is 67.5 Å². The predicted octanol–water partition coefficient (Wildman–Crippen LogP) is 11.4. The first kappa shape index (κ1) is 29.7. The Bertz CT molecular complexity index is 2880. The first-order valence-electron chi connectivity index (χ1n) is 18.0. The van der Waals surface area contributed by atoms with Crippen LogP contribution in [-0.2, 0) is 5.41 Å². The fourth-order valence-corrected chi connectivity index (χ4v) is 8.71. The van der Waals surface area contributed by atoms with E-state index in [0.29, 0.717) is 5.82 Å². The molecule has 11 rings (SSSR count). The van der Waals surface area contributed by atoms with Gasteiger partial charge in [-0.25, -0.2) is 19.9 Å². The number of hydrogen-bond donors (Lipinski definition) is 0. The lowest BCUT2D eigenvalue weighted by molar-refractivity contribution is 0.785. The Morgan fingerprint density at radius 3 is 1.70 bits per heavy atom. The van der Waals surface area contributed by atoms with Gasteiger partial charge in [0.2, 0.25) is 0 Å². The monoisotopic (exact) mass is 674 g/mol. The average molecular weight is 675 g/mol. The molecule has 0 saturated carbocycles. The average Bonchev–Trinajstić information content (AvgIpc) is 3.71. The maximum atomic E-state index is 5.41. The van der Waals surface area contributed by atoms with Gasteiger partial charge in [0.25, 0.3) is 0 Å². The SMILES string of the molecule is c1ccc(-c2ccc(-c3nc(-c4cccc5c4-c4ccccc4C54c5ccccc5-c5nc(-c6ccccc6)ncc54)nc4ccccc34)cc2)cc1. The molecule has 0 bridgehead atoms. The Morgan fingerprint density at radius 1 is 0.340 bits per heavy atom. The van der Waals surface area contributed by atoms with Gasteiger partial charge in [-0.15, -0.1) is 0 Å². The van der Waals surface area contributed by atoms with E-state index in [1.54, 1.807) is 0 Å². The molecule has 7 aromatic carbocycles. The van der Waals surface area contributed by atoms with Gasteiger partial charge in [0.15, 0.2) is 11.6 Å². The summed E-state index contributed by atoms with van der Waals surface area (Å²) in [6.07, 6.45) is 2.06. The van der Waals surface area contributed by atoms with Crippen LogP contribution in [0.4, 0.5) is 0 Å². The predicted molar refractivity (Wildman–Crippen MR) is 213 cm³/mol. The van der Waals surface area contributed by atoms with Gasteiger partial charge in [-0.3, -0.25) is 0 Å². The molecule has 1 unspecified atom stereocenters. The second kappa shape index (κ2) is 11.5. The highest BCUT2D eigenvalue weighted by Gasteiger charge is 2.53. The molecule has 0 amide bonds. The van der Waals surface area contributed by atoms with E-state index < -0.39 is 5.41 Å². The maximum absolute atomic E-state index is 5.41. The number of benzene rings is 7. The van der Waals surface area contributed by atoms with Crippen molar-refractivity contribution in [2.24, 2.45) is 0 Å². The molecule has 1 atom stereocenters.